The zero-order chi connectivity index (χ0) is 15.5. The highest BCUT2D eigenvalue weighted by Gasteiger charge is 2.59. The van der Waals surface area contributed by atoms with Crippen molar-refractivity contribution in [1.82, 2.24) is 4.90 Å². The Morgan fingerprint density at radius 1 is 1.50 bits per heavy atom. The number of esters is 1. The average molecular weight is 318 g/mol. The first kappa shape index (κ1) is 13.6. The van der Waals surface area contributed by atoms with Gasteiger partial charge in [0.15, 0.2) is 5.17 Å². The number of nitrogens with zero attached hydrogens (tertiary/aromatic N) is 2. The molecule has 0 radical (unpaired) electrons. The molecule has 22 heavy (non-hydrogen) atoms. The number of ether oxygens (including phenoxy) is 2. The largest absolute Gasteiger partial charge is 0.469 e. The standard InChI is InChI=1S/C15H14N2O4S/c1-15-11(13(19)20-2)12(8-5-3-4-6-9(8)21-15)17-10(18)7-22-14(17)16-15/h3-6,11-12H,7H2,1-2H3/t11-,12+,15-/m0/s1. The molecule has 0 aliphatic carbocycles. The van der Waals surface area contributed by atoms with E-state index in [0.717, 1.165) is 5.56 Å². The van der Waals surface area contributed by atoms with Gasteiger partial charge in [0, 0.05) is 5.56 Å². The summed E-state index contributed by atoms with van der Waals surface area (Å²) in [6.07, 6.45) is 0. The number of fused-ring (bicyclic) bond motifs is 6. The molecule has 0 unspecified atom stereocenters. The SMILES string of the molecule is COC(=O)[C@@H]1[C@H]2c3ccccc3O[C@]1(C)N=C1SCC(=O)N12. The van der Waals surface area contributed by atoms with Gasteiger partial charge in [-0.05, 0) is 13.0 Å². The van der Waals surface area contributed by atoms with E-state index in [2.05, 4.69) is 4.99 Å². The van der Waals surface area contributed by atoms with Crippen LogP contribution in [0.4, 0.5) is 0 Å². The van der Waals surface area contributed by atoms with Crippen molar-refractivity contribution in [3.8, 4) is 5.75 Å². The van der Waals surface area contributed by atoms with Gasteiger partial charge >= 0.3 is 5.97 Å². The van der Waals surface area contributed by atoms with E-state index >= 15 is 0 Å². The van der Waals surface area contributed by atoms with E-state index in [0.29, 0.717) is 16.7 Å². The summed E-state index contributed by atoms with van der Waals surface area (Å²) in [5.41, 5.74) is -0.242. The molecule has 0 spiro atoms. The molecule has 6 nitrogen and oxygen atoms in total. The summed E-state index contributed by atoms with van der Waals surface area (Å²) in [7, 11) is 1.34. The molecule has 3 heterocycles. The molecular formula is C15H14N2O4S. The molecule has 1 fully saturated rings. The summed E-state index contributed by atoms with van der Waals surface area (Å²) in [6, 6.07) is 7.02. The summed E-state index contributed by atoms with van der Waals surface area (Å²) in [6.45, 7) is 1.77. The van der Waals surface area contributed by atoms with Gasteiger partial charge in [0.05, 0.1) is 18.9 Å². The van der Waals surface area contributed by atoms with Gasteiger partial charge in [-0.15, -0.1) is 0 Å². The Labute approximate surface area is 131 Å². The molecule has 0 aromatic heterocycles. The van der Waals surface area contributed by atoms with Crippen LogP contribution in [-0.2, 0) is 14.3 Å². The maximum Gasteiger partial charge on any atom is 0.317 e. The third-order valence-electron chi connectivity index (χ3n) is 4.30. The molecule has 7 heteroatoms. The number of thioether (sulfide) groups is 1. The van der Waals surface area contributed by atoms with Crippen LogP contribution in [0.15, 0.2) is 29.3 Å². The van der Waals surface area contributed by atoms with Crippen molar-refractivity contribution in [2.24, 2.45) is 10.9 Å². The Kier molecular flexibility index (Phi) is 2.78. The highest BCUT2D eigenvalue weighted by Crippen LogP contribution is 2.52. The maximum absolute atomic E-state index is 12.4. The molecule has 3 atom stereocenters. The molecule has 1 saturated heterocycles. The number of rotatable bonds is 1. The third kappa shape index (κ3) is 1.65. The zero-order valence-electron chi connectivity index (χ0n) is 12.1. The lowest BCUT2D eigenvalue weighted by Crippen LogP contribution is -2.59. The summed E-state index contributed by atoms with van der Waals surface area (Å²) in [5, 5.41) is 0.618. The molecular weight excluding hydrogens is 304 g/mol. The van der Waals surface area contributed by atoms with Crippen LogP contribution in [0.1, 0.15) is 18.5 Å². The molecule has 114 valence electrons. The van der Waals surface area contributed by atoms with Crippen LogP contribution in [0.25, 0.3) is 0 Å². The van der Waals surface area contributed by atoms with Crippen LogP contribution >= 0.6 is 11.8 Å². The summed E-state index contributed by atoms with van der Waals surface area (Å²) in [5.74, 6) is -0.154. The summed E-state index contributed by atoms with van der Waals surface area (Å²) < 4.78 is 11.0. The first-order valence-corrected chi connectivity index (χ1v) is 7.94. The second-order valence-electron chi connectivity index (χ2n) is 5.59. The molecule has 0 saturated carbocycles. The van der Waals surface area contributed by atoms with Gasteiger partial charge in [0.2, 0.25) is 11.6 Å². The lowest BCUT2D eigenvalue weighted by Gasteiger charge is -2.48. The smallest absolute Gasteiger partial charge is 0.317 e. The summed E-state index contributed by atoms with van der Waals surface area (Å²) in [4.78, 5) is 30.9. The third-order valence-corrected chi connectivity index (χ3v) is 5.23. The summed E-state index contributed by atoms with van der Waals surface area (Å²) >= 11 is 1.38. The minimum absolute atomic E-state index is 0.0404. The molecule has 1 aromatic carbocycles. The Balaban J connectivity index is 1.97. The first-order chi connectivity index (χ1) is 10.5. The molecule has 3 aliphatic heterocycles. The van der Waals surface area contributed by atoms with E-state index in [-0.39, 0.29) is 5.91 Å². The number of benzene rings is 1. The lowest BCUT2D eigenvalue weighted by molar-refractivity contribution is -0.161. The fourth-order valence-corrected chi connectivity index (χ4v) is 4.35. The zero-order valence-corrected chi connectivity index (χ0v) is 12.9. The van der Waals surface area contributed by atoms with Crippen LogP contribution in [0.3, 0.4) is 0 Å². The predicted octanol–water partition coefficient (Wildman–Crippen LogP) is 1.57. The van der Waals surface area contributed by atoms with Crippen LogP contribution < -0.4 is 4.74 Å². The number of amides is 1. The number of aliphatic imine (C=N–C) groups is 1. The molecule has 0 N–H and O–H groups in total. The second kappa shape index (κ2) is 4.49. The molecule has 1 amide bonds. The Morgan fingerprint density at radius 3 is 3.05 bits per heavy atom. The van der Waals surface area contributed by atoms with Gasteiger partial charge in [-0.2, -0.15) is 0 Å². The van der Waals surface area contributed by atoms with Crippen molar-refractivity contribution in [2.75, 3.05) is 12.9 Å². The quantitative estimate of drug-likeness (QED) is 0.735. The van der Waals surface area contributed by atoms with Crippen LogP contribution in [0, 0.1) is 5.92 Å². The molecule has 3 aliphatic rings. The number of hydrogen-bond donors (Lipinski definition) is 0. The number of methoxy groups -OCH3 is 1. The van der Waals surface area contributed by atoms with Crippen molar-refractivity contribution >= 4 is 28.8 Å². The first-order valence-electron chi connectivity index (χ1n) is 6.95. The lowest BCUT2D eigenvalue weighted by atomic mass is 9.80. The van der Waals surface area contributed by atoms with Gasteiger partial charge in [0.1, 0.15) is 11.7 Å². The fourth-order valence-electron chi connectivity index (χ4n) is 3.35. The Hall–Kier alpha value is -2.02. The van der Waals surface area contributed by atoms with Gasteiger partial charge in [-0.25, -0.2) is 4.99 Å². The minimum Gasteiger partial charge on any atom is -0.469 e. The van der Waals surface area contributed by atoms with Crippen molar-refractivity contribution in [3.63, 3.8) is 0 Å². The number of carbonyl (C=O) groups is 2. The number of hydrogen-bond acceptors (Lipinski definition) is 6. The average Bonchev–Trinajstić information content (AvgIpc) is 2.85. The minimum atomic E-state index is -1.06. The van der Waals surface area contributed by atoms with Crippen LogP contribution in [0.5, 0.6) is 5.75 Å². The van der Waals surface area contributed by atoms with E-state index in [1.165, 1.54) is 18.9 Å². The van der Waals surface area contributed by atoms with E-state index < -0.39 is 23.7 Å². The van der Waals surface area contributed by atoms with Gasteiger partial charge in [-0.1, -0.05) is 30.0 Å². The highest BCUT2D eigenvalue weighted by atomic mass is 32.2. The predicted molar refractivity (Wildman–Crippen MR) is 80.5 cm³/mol. The van der Waals surface area contributed by atoms with Crippen molar-refractivity contribution in [2.45, 2.75) is 18.7 Å². The van der Waals surface area contributed by atoms with Crippen molar-refractivity contribution in [1.29, 1.82) is 0 Å². The molecule has 2 bridgehead atoms. The highest BCUT2D eigenvalue weighted by molar-refractivity contribution is 8.15. The van der Waals surface area contributed by atoms with Gasteiger partial charge in [-0.3, -0.25) is 14.5 Å². The molecule has 4 rings (SSSR count). The van der Waals surface area contributed by atoms with E-state index in [1.807, 2.05) is 24.3 Å². The monoisotopic (exact) mass is 318 g/mol. The maximum atomic E-state index is 12.4. The Morgan fingerprint density at radius 2 is 2.27 bits per heavy atom. The van der Waals surface area contributed by atoms with Crippen molar-refractivity contribution in [3.05, 3.63) is 29.8 Å². The fraction of sp³-hybridized carbons (Fsp3) is 0.400. The van der Waals surface area contributed by atoms with Gasteiger partial charge < -0.3 is 9.47 Å². The number of amidine groups is 1. The van der Waals surface area contributed by atoms with Crippen molar-refractivity contribution < 1.29 is 19.1 Å². The Bertz CT molecular complexity index is 719. The van der Waals surface area contributed by atoms with Gasteiger partial charge in [0.25, 0.3) is 0 Å². The second-order valence-corrected chi connectivity index (χ2v) is 6.53. The van der Waals surface area contributed by atoms with E-state index in [1.54, 1.807) is 11.8 Å². The van der Waals surface area contributed by atoms with Crippen LogP contribution in [-0.4, -0.2) is 40.5 Å². The van der Waals surface area contributed by atoms with E-state index in [9.17, 15) is 9.59 Å². The van der Waals surface area contributed by atoms with Crippen LogP contribution in [0.2, 0.25) is 0 Å². The van der Waals surface area contributed by atoms with E-state index in [4.69, 9.17) is 9.47 Å². The number of carbonyl (C=O) groups excluding carboxylic acids is 2. The topological polar surface area (TPSA) is 68.2 Å². The normalized spacial score (nSPS) is 31.8. The molecule has 1 aromatic rings. The number of para-hydroxylation sites is 1.